The highest BCUT2D eigenvalue weighted by Crippen LogP contribution is 2.00. The van der Waals surface area contributed by atoms with Crippen LogP contribution in [0.15, 0.2) is 42.5 Å². The van der Waals surface area contributed by atoms with Gasteiger partial charge >= 0.3 is 6.09 Å². The molecule has 0 spiro atoms. The van der Waals surface area contributed by atoms with Gasteiger partial charge in [-0.25, -0.2) is 4.79 Å². The molecule has 0 heterocycles. The first-order valence-corrected chi connectivity index (χ1v) is 5.79. The highest BCUT2D eigenvalue weighted by Gasteiger charge is 1.99. The summed E-state index contributed by atoms with van der Waals surface area (Å²) in [6, 6.07) is 9.61. The van der Waals surface area contributed by atoms with Gasteiger partial charge in [0.05, 0.1) is 0 Å². The zero-order valence-electron chi connectivity index (χ0n) is 10.3. The number of benzene rings is 1. The number of hydrogen-bond acceptors (Lipinski definition) is 2. The maximum Gasteiger partial charge on any atom is 0.407 e. The molecule has 1 aromatic rings. The monoisotopic (exact) mass is 233 g/mol. The Labute approximate surface area is 102 Å². The Kier molecular flexibility index (Phi) is 5.86. The molecule has 0 bridgehead atoms. The van der Waals surface area contributed by atoms with Crippen molar-refractivity contribution in [1.29, 1.82) is 0 Å². The van der Waals surface area contributed by atoms with Gasteiger partial charge in [0.25, 0.3) is 0 Å². The molecule has 3 heteroatoms. The predicted molar refractivity (Wildman–Crippen MR) is 68.6 cm³/mol. The van der Waals surface area contributed by atoms with E-state index in [1.165, 1.54) is 0 Å². The van der Waals surface area contributed by atoms with E-state index in [9.17, 15) is 4.79 Å². The second-order valence-electron chi connectivity index (χ2n) is 4.11. The second kappa shape index (κ2) is 7.49. The Bertz CT molecular complexity index is 358. The summed E-state index contributed by atoms with van der Waals surface area (Å²) in [5.74, 6) is 0.497. The third kappa shape index (κ3) is 6.40. The van der Waals surface area contributed by atoms with E-state index in [2.05, 4.69) is 19.2 Å². The molecule has 0 atom stereocenters. The molecular formula is C14H19NO2. The molecule has 0 saturated carbocycles. The van der Waals surface area contributed by atoms with Crippen molar-refractivity contribution < 1.29 is 9.53 Å². The summed E-state index contributed by atoms with van der Waals surface area (Å²) in [6.45, 7) is 4.99. The second-order valence-corrected chi connectivity index (χ2v) is 4.11. The van der Waals surface area contributed by atoms with Gasteiger partial charge in [0.15, 0.2) is 0 Å². The summed E-state index contributed by atoms with van der Waals surface area (Å²) in [7, 11) is 0. The lowest BCUT2D eigenvalue weighted by Gasteiger charge is -2.05. The third-order valence-corrected chi connectivity index (χ3v) is 2.10. The molecule has 0 aliphatic heterocycles. The molecule has 0 radical (unpaired) electrons. The topological polar surface area (TPSA) is 38.3 Å². The molecule has 1 amide bonds. The summed E-state index contributed by atoms with van der Waals surface area (Å²) >= 11 is 0. The van der Waals surface area contributed by atoms with E-state index in [4.69, 9.17) is 4.74 Å². The van der Waals surface area contributed by atoms with Gasteiger partial charge in [-0.05, 0) is 11.5 Å². The largest absolute Gasteiger partial charge is 0.445 e. The van der Waals surface area contributed by atoms with E-state index in [1.807, 2.05) is 42.5 Å². The van der Waals surface area contributed by atoms with E-state index in [0.717, 1.165) is 5.56 Å². The fraction of sp³-hybridized carbons (Fsp3) is 0.357. The van der Waals surface area contributed by atoms with Crippen molar-refractivity contribution in [3.8, 4) is 0 Å². The minimum absolute atomic E-state index is 0.306. The number of rotatable bonds is 5. The van der Waals surface area contributed by atoms with Crippen LogP contribution >= 0.6 is 0 Å². The van der Waals surface area contributed by atoms with Crippen LogP contribution in [-0.4, -0.2) is 12.6 Å². The first kappa shape index (κ1) is 13.3. The van der Waals surface area contributed by atoms with Crippen LogP contribution in [0.1, 0.15) is 19.4 Å². The highest BCUT2D eigenvalue weighted by atomic mass is 16.5. The van der Waals surface area contributed by atoms with Crippen LogP contribution in [0.4, 0.5) is 4.79 Å². The smallest absolute Gasteiger partial charge is 0.407 e. The summed E-state index contributed by atoms with van der Waals surface area (Å²) < 4.78 is 5.05. The number of amides is 1. The lowest BCUT2D eigenvalue weighted by Crippen LogP contribution is -2.24. The van der Waals surface area contributed by atoms with E-state index >= 15 is 0 Å². The van der Waals surface area contributed by atoms with E-state index < -0.39 is 0 Å². The zero-order valence-corrected chi connectivity index (χ0v) is 10.3. The van der Waals surface area contributed by atoms with E-state index in [1.54, 1.807) is 0 Å². The zero-order chi connectivity index (χ0) is 12.5. The number of nitrogens with one attached hydrogen (secondary N) is 1. The molecule has 0 aliphatic rings. The first-order chi connectivity index (χ1) is 8.18. The number of allylic oxidation sites excluding steroid dienone is 1. The van der Waals surface area contributed by atoms with Gasteiger partial charge in [-0.3, -0.25) is 0 Å². The lowest BCUT2D eigenvalue weighted by atomic mass is 10.2. The first-order valence-electron chi connectivity index (χ1n) is 5.79. The SMILES string of the molecule is CC(C)/C=C/CNC(=O)OCc1ccccc1. The molecule has 0 saturated heterocycles. The normalized spacial score (nSPS) is 10.8. The van der Waals surface area contributed by atoms with Crippen LogP contribution in [0, 0.1) is 5.92 Å². The predicted octanol–water partition coefficient (Wildman–Crippen LogP) is 3.13. The average Bonchev–Trinajstić information content (AvgIpc) is 2.33. The van der Waals surface area contributed by atoms with Crippen molar-refractivity contribution in [3.63, 3.8) is 0 Å². The Morgan fingerprint density at radius 2 is 2.06 bits per heavy atom. The maximum atomic E-state index is 11.3. The van der Waals surface area contributed by atoms with Crippen molar-refractivity contribution in [3.05, 3.63) is 48.0 Å². The highest BCUT2D eigenvalue weighted by molar-refractivity contribution is 5.67. The number of hydrogen-bond donors (Lipinski definition) is 1. The van der Waals surface area contributed by atoms with Crippen molar-refractivity contribution in [1.82, 2.24) is 5.32 Å². The van der Waals surface area contributed by atoms with Gasteiger partial charge < -0.3 is 10.1 Å². The van der Waals surface area contributed by atoms with Gasteiger partial charge in [0.2, 0.25) is 0 Å². The van der Waals surface area contributed by atoms with Crippen molar-refractivity contribution in [2.75, 3.05) is 6.54 Å². The molecule has 17 heavy (non-hydrogen) atoms. The van der Waals surface area contributed by atoms with Crippen LogP contribution in [0.5, 0.6) is 0 Å². The summed E-state index contributed by atoms with van der Waals surface area (Å²) in [4.78, 5) is 11.3. The Morgan fingerprint density at radius 3 is 2.71 bits per heavy atom. The van der Waals surface area contributed by atoms with Crippen LogP contribution in [0.2, 0.25) is 0 Å². The van der Waals surface area contributed by atoms with Crippen molar-refractivity contribution in [2.24, 2.45) is 5.92 Å². The van der Waals surface area contributed by atoms with Crippen LogP contribution in [-0.2, 0) is 11.3 Å². The average molecular weight is 233 g/mol. The fourth-order valence-corrected chi connectivity index (χ4v) is 1.26. The molecule has 0 aromatic heterocycles. The van der Waals surface area contributed by atoms with Gasteiger partial charge in [-0.15, -0.1) is 0 Å². The van der Waals surface area contributed by atoms with Crippen LogP contribution < -0.4 is 5.32 Å². The molecule has 0 aliphatic carbocycles. The maximum absolute atomic E-state index is 11.3. The van der Waals surface area contributed by atoms with Crippen molar-refractivity contribution >= 4 is 6.09 Å². The molecule has 0 unspecified atom stereocenters. The molecule has 1 aromatic carbocycles. The van der Waals surface area contributed by atoms with Crippen molar-refractivity contribution in [2.45, 2.75) is 20.5 Å². The Hall–Kier alpha value is -1.77. The number of ether oxygens (including phenoxy) is 1. The molecule has 1 N–H and O–H groups in total. The third-order valence-electron chi connectivity index (χ3n) is 2.10. The summed E-state index contributed by atoms with van der Waals surface area (Å²) in [5, 5.41) is 2.66. The quantitative estimate of drug-likeness (QED) is 0.793. The Balaban J connectivity index is 2.18. The summed E-state index contributed by atoms with van der Waals surface area (Å²) in [6.07, 6.45) is 3.58. The molecule has 92 valence electrons. The van der Waals surface area contributed by atoms with Crippen LogP contribution in [0.3, 0.4) is 0 Å². The number of alkyl carbamates (subject to hydrolysis) is 1. The number of carbonyl (C=O) groups excluding carboxylic acids is 1. The van der Waals surface area contributed by atoms with Gasteiger partial charge in [-0.2, -0.15) is 0 Å². The van der Waals surface area contributed by atoms with Gasteiger partial charge in [-0.1, -0.05) is 56.3 Å². The van der Waals surface area contributed by atoms with E-state index in [0.29, 0.717) is 19.1 Å². The summed E-state index contributed by atoms with van der Waals surface area (Å²) in [5.41, 5.74) is 0.986. The molecule has 0 fully saturated rings. The number of carbonyl (C=O) groups is 1. The standard InChI is InChI=1S/C14H19NO2/c1-12(2)7-6-10-15-14(16)17-11-13-8-4-3-5-9-13/h3-9,12H,10-11H2,1-2H3,(H,15,16)/b7-6+. The molecular weight excluding hydrogens is 214 g/mol. The fourth-order valence-electron chi connectivity index (χ4n) is 1.26. The minimum atomic E-state index is -0.387. The van der Waals surface area contributed by atoms with Crippen LogP contribution in [0.25, 0.3) is 0 Å². The molecule has 3 nitrogen and oxygen atoms in total. The van der Waals surface area contributed by atoms with Gasteiger partial charge in [0, 0.05) is 6.54 Å². The van der Waals surface area contributed by atoms with E-state index in [-0.39, 0.29) is 6.09 Å². The lowest BCUT2D eigenvalue weighted by molar-refractivity contribution is 0.140. The Morgan fingerprint density at radius 1 is 1.35 bits per heavy atom. The minimum Gasteiger partial charge on any atom is -0.445 e. The molecule has 1 rings (SSSR count). The van der Waals surface area contributed by atoms with Gasteiger partial charge in [0.1, 0.15) is 6.61 Å².